The zero-order chi connectivity index (χ0) is 14.1. The summed E-state index contributed by atoms with van der Waals surface area (Å²) in [6, 6.07) is 1.25. The van der Waals surface area contributed by atoms with Crippen LogP contribution in [0.1, 0.15) is 71.6 Å². The molecule has 3 unspecified atom stereocenters. The minimum atomic E-state index is -0.0642. The van der Waals surface area contributed by atoms with Crippen LogP contribution >= 0.6 is 0 Å². The number of piperidine rings is 1. The fraction of sp³-hybridized carbons (Fsp3) is 1.00. The third-order valence-electron chi connectivity index (χ3n) is 6.48. The molecule has 0 radical (unpaired) electrons. The van der Waals surface area contributed by atoms with Crippen molar-refractivity contribution < 1.29 is 5.11 Å². The normalized spacial score (nSPS) is 43.5. The highest BCUT2D eigenvalue weighted by molar-refractivity contribution is 4.95. The van der Waals surface area contributed by atoms with Gasteiger partial charge in [0.05, 0.1) is 6.10 Å². The number of hydrogen-bond acceptors (Lipinski definition) is 2. The summed E-state index contributed by atoms with van der Waals surface area (Å²) in [4.78, 5) is 2.76. The number of rotatable bonds is 2. The van der Waals surface area contributed by atoms with Gasteiger partial charge in [0.2, 0.25) is 0 Å². The Labute approximate surface area is 124 Å². The van der Waals surface area contributed by atoms with Gasteiger partial charge in [0.15, 0.2) is 0 Å². The molecule has 0 spiro atoms. The van der Waals surface area contributed by atoms with Crippen molar-refractivity contribution in [1.29, 1.82) is 0 Å². The van der Waals surface area contributed by atoms with Gasteiger partial charge in [0.25, 0.3) is 0 Å². The lowest BCUT2D eigenvalue weighted by Gasteiger charge is -2.51. The third kappa shape index (κ3) is 2.92. The van der Waals surface area contributed by atoms with Gasteiger partial charge in [-0.2, -0.15) is 0 Å². The number of likely N-dealkylation sites (tertiary alicyclic amines) is 1. The van der Waals surface area contributed by atoms with E-state index in [1.807, 2.05) is 0 Å². The summed E-state index contributed by atoms with van der Waals surface area (Å²) in [5.41, 5.74) is 0. The molecular weight excluding hydrogens is 246 g/mol. The molecule has 1 N–H and O–H groups in total. The van der Waals surface area contributed by atoms with Crippen molar-refractivity contribution in [3.63, 3.8) is 0 Å². The first kappa shape index (κ1) is 14.8. The molecule has 2 nitrogen and oxygen atoms in total. The molecule has 0 aromatic carbocycles. The molecule has 1 saturated heterocycles. The van der Waals surface area contributed by atoms with E-state index in [1.165, 1.54) is 57.9 Å². The van der Waals surface area contributed by atoms with Crippen molar-refractivity contribution >= 4 is 0 Å². The van der Waals surface area contributed by atoms with Crippen molar-refractivity contribution in [2.75, 3.05) is 6.54 Å². The Kier molecular flexibility index (Phi) is 4.72. The molecule has 0 aromatic heterocycles. The topological polar surface area (TPSA) is 23.5 Å². The lowest BCUT2D eigenvalue weighted by molar-refractivity contribution is -0.0578. The Hall–Kier alpha value is -0.0800. The monoisotopic (exact) mass is 279 g/mol. The molecule has 116 valence electrons. The predicted molar refractivity (Wildman–Crippen MR) is 83.7 cm³/mol. The second-order valence-electron chi connectivity index (χ2n) is 7.94. The van der Waals surface area contributed by atoms with E-state index < -0.39 is 0 Å². The molecule has 3 rings (SSSR count). The van der Waals surface area contributed by atoms with Crippen molar-refractivity contribution in [2.24, 2.45) is 17.8 Å². The minimum absolute atomic E-state index is 0.0642. The third-order valence-corrected chi connectivity index (χ3v) is 6.48. The summed E-state index contributed by atoms with van der Waals surface area (Å²) in [5, 5.41) is 10.6. The molecule has 2 saturated carbocycles. The molecule has 1 aliphatic heterocycles. The summed E-state index contributed by atoms with van der Waals surface area (Å²) in [6.45, 7) is 5.96. The van der Waals surface area contributed by atoms with E-state index in [2.05, 4.69) is 18.7 Å². The summed E-state index contributed by atoms with van der Waals surface area (Å²) < 4.78 is 0. The van der Waals surface area contributed by atoms with Gasteiger partial charge in [-0.05, 0) is 69.2 Å². The number of nitrogens with zero attached hydrogens (tertiary/aromatic N) is 1. The lowest BCUT2D eigenvalue weighted by atomic mass is 9.73. The first-order chi connectivity index (χ1) is 9.66. The van der Waals surface area contributed by atoms with Crippen molar-refractivity contribution in [3.05, 3.63) is 0 Å². The molecule has 2 aliphatic carbocycles. The highest BCUT2D eigenvalue weighted by Crippen LogP contribution is 2.40. The Morgan fingerprint density at radius 3 is 2.45 bits per heavy atom. The number of fused-ring (bicyclic) bond motifs is 1. The Morgan fingerprint density at radius 1 is 0.900 bits per heavy atom. The van der Waals surface area contributed by atoms with Crippen LogP contribution in [-0.2, 0) is 0 Å². The molecule has 20 heavy (non-hydrogen) atoms. The van der Waals surface area contributed by atoms with E-state index in [0.29, 0.717) is 6.04 Å². The first-order valence-electron chi connectivity index (χ1n) is 9.10. The molecule has 0 aromatic rings. The minimum Gasteiger partial charge on any atom is -0.391 e. The molecule has 1 heterocycles. The van der Waals surface area contributed by atoms with Crippen LogP contribution in [0.3, 0.4) is 0 Å². The molecule has 3 aliphatic rings. The highest BCUT2D eigenvalue weighted by Gasteiger charge is 2.41. The molecule has 5 atom stereocenters. The van der Waals surface area contributed by atoms with Crippen LogP contribution in [0.2, 0.25) is 0 Å². The van der Waals surface area contributed by atoms with E-state index in [9.17, 15) is 5.11 Å². The zero-order valence-corrected chi connectivity index (χ0v) is 13.4. The second-order valence-corrected chi connectivity index (χ2v) is 7.94. The van der Waals surface area contributed by atoms with Crippen LogP contribution in [0.4, 0.5) is 0 Å². The summed E-state index contributed by atoms with van der Waals surface area (Å²) >= 11 is 0. The molecule has 0 amide bonds. The summed E-state index contributed by atoms with van der Waals surface area (Å²) in [5.74, 6) is 2.54. The van der Waals surface area contributed by atoms with Crippen molar-refractivity contribution in [3.8, 4) is 0 Å². The smallest absolute Gasteiger partial charge is 0.0695 e. The van der Waals surface area contributed by atoms with Gasteiger partial charge in [-0.1, -0.05) is 26.7 Å². The van der Waals surface area contributed by atoms with E-state index in [1.54, 1.807) is 0 Å². The molecule has 2 heteroatoms. The maximum absolute atomic E-state index is 10.6. The average Bonchev–Trinajstić information content (AvgIpc) is 2.47. The van der Waals surface area contributed by atoms with Gasteiger partial charge in [0.1, 0.15) is 0 Å². The van der Waals surface area contributed by atoms with Crippen LogP contribution in [0.25, 0.3) is 0 Å². The fourth-order valence-corrected chi connectivity index (χ4v) is 5.20. The van der Waals surface area contributed by atoms with Gasteiger partial charge in [-0.15, -0.1) is 0 Å². The van der Waals surface area contributed by atoms with E-state index in [4.69, 9.17) is 0 Å². The van der Waals surface area contributed by atoms with E-state index in [0.717, 1.165) is 30.2 Å². The second kappa shape index (κ2) is 6.36. The van der Waals surface area contributed by atoms with Crippen LogP contribution in [0, 0.1) is 17.8 Å². The van der Waals surface area contributed by atoms with Gasteiger partial charge < -0.3 is 5.11 Å². The maximum atomic E-state index is 10.6. The molecule has 0 bridgehead atoms. The Morgan fingerprint density at radius 2 is 1.65 bits per heavy atom. The van der Waals surface area contributed by atoms with E-state index >= 15 is 0 Å². The number of aliphatic hydroxyl groups is 1. The largest absolute Gasteiger partial charge is 0.391 e. The Balaban J connectivity index is 1.71. The van der Waals surface area contributed by atoms with Gasteiger partial charge in [-0.3, -0.25) is 4.90 Å². The molecular formula is C18H33NO. The quantitative estimate of drug-likeness (QED) is 0.830. The first-order valence-corrected chi connectivity index (χ1v) is 9.10. The van der Waals surface area contributed by atoms with Crippen LogP contribution in [-0.4, -0.2) is 34.7 Å². The predicted octanol–water partition coefficient (Wildman–Crippen LogP) is 3.83. The SMILES string of the molecule is CC(C)C1CCC(O)C(N2CCC[C@H]3CCCC[C@H]32)C1. The fourth-order valence-electron chi connectivity index (χ4n) is 5.20. The number of aliphatic hydroxyl groups excluding tert-OH is 1. The van der Waals surface area contributed by atoms with Crippen molar-refractivity contribution in [1.82, 2.24) is 4.90 Å². The van der Waals surface area contributed by atoms with E-state index in [-0.39, 0.29) is 6.10 Å². The average molecular weight is 279 g/mol. The van der Waals surface area contributed by atoms with Gasteiger partial charge in [-0.25, -0.2) is 0 Å². The summed E-state index contributed by atoms with van der Waals surface area (Å²) in [6.07, 6.45) is 11.9. The Bertz CT molecular complexity index is 315. The standard InChI is InChI=1S/C18H33NO/c1-13(2)15-9-10-18(20)17(12-15)19-11-5-7-14-6-3-4-8-16(14)19/h13-18,20H,3-12H2,1-2H3/t14-,15?,16-,17?,18?/m1/s1. The summed E-state index contributed by atoms with van der Waals surface area (Å²) in [7, 11) is 0. The van der Waals surface area contributed by atoms with Crippen LogP contribution in [0.15, 0.2) is 0 Å². The van der Waals surface area contributed by atoms with Crippen LogP contribution < -0.4 is 0 Å². The van der Waals surface area contributed by atoms with Crippen molar-refractivity contribution in [2.45, 2.75) is 89.8 Å². The lowest BCUT2D eigenvalue weighted by Crippen LogP contribution is -2.57. The molecule has 3 fully saturated rings. The van der Waals surface area contributed by atoms with Gasteiger partial charge in [0, 0.05) is 12.1 Å². The highest BCUT2D eigenvalue weighted by atomic mass is 16.3. The van der Waals surface area contributed by atoms with Gasteiger partial charge >= 0.3 is 0 Å². The zero-order valence-electron chi connectivity index (χ0n) is 13.4. The number of hydrogen-bond donors (Lipinski definition) is 1. The van der Waals surface area contributed by atoms with Crippen LogP contribution in [0.5, 0.6) is 0 Å². The maximum Gasteiger partial charge on any atom is 0.0695 e.